The molecule has 0 aromatic heterocycles. The molecule has 14 heavy (non-hydrogen) atoms. The van der Waals surface area contributed by atoms with Gasteiger partial charge in [-0.05, 0) is 6.26 Å². The first-order chi connectivity index (χ1) is 6.69. The molecule has 0 aliphatic carbocycles. The Bertz CT molecular complexity index is 296. The van der Waals surface area contributed by atoms with E-state index < -0.39 is 0 Å². The standard InChI is InChI=1S/C8H12N4OS/c1-11-3-4-12(5-7(11)13)8(14-2)10-6-9/h3-5H2,1-2H3. The maximum absolute atomic E-state index is 11.4. The van der Waals surface area contributed by atoms with Crippen LogP contribution in [0.5, 0.6) is 0 Å². The van der Waals surface area contributed by atoms with Gasteiger partial charge in [-0.1, -0.05) is 11.8 Å². The van der Waals surface area contributed by atoms with Crippen molar-refractivity contribution in [3.63, 3.8) is 0 Å². The van der Waals surface area contributed by atoms with Gasteiger partial charge in [-0.25, -0.2) is 0 Å². The third-order valence-corrected chi connectivity index (χ3v) is 2.77. The number of likely N-dealkylation sites (N-methyl/N-ethyl adjacent to an activating group) is 1. The van der Waals surface area contributed by atoms with Gasteiger partial charge in [0.2, 0.25) is 12.1 Å². The first-order valence-corrected chi connectivity index (χ1v) is 5.41. The van der Waals surface area contributed by atoms with Crippen molar-refractivity contribution in [1.82, 2.24) is 9.80 Å². The quantitative estimate of drug-likeness (QED) is 0.321. The highest BCUT2D eigenvalue weighted by Crippen LogP contribution is 2.09. The van der Waals surface area contributed by atoms with E-state index in [0.29, 0.717) is 18.3 Å². The molecule has 6 heteroatoms. The molecule has 1 heterocycles. The van der Waals surface area contributed by atoms with Crippen LogP contribution in [-0.4, -0.2) is 53.8 Å². The highest BCUT2D eigenvalue weighted by Gasteiger charge is 2.22. The Morgan fingerprint density at radius 3 is 2.86 bits per heavy atom. The number of nitrogens with zero attached hydrogens (tertiary/aromatic N) is 4. The number of rotatable bonds is 0. The highest BCUT2D eigenvalue weighted by molar-refractivity contribution is 8.13. The molecule has 0 aromatic rings. The topological polar surface area (TPSA) is 59.7 Å². The smallest absolute Gasteiger partial charge is 0.241 e. The van der Waals surface area contributed by atoms with E-state index in [-0.39, 0.29) is 5.91 Å². The van der Waals surface area contributed by atoms with E-state index >= 15 is 0 Å². The van der Waals surface area contributed by atoms with Gasteiger partial charge < -0.3 is 9.80 Å². The van der Waals surface area contributed by atoms with Crippen molar-refractivity contribution >= 4 is 22.8 Å². The lowest BCUT2D eigenvalue weighted by Gasteiger charge is -2.32. The molecule has 0 spiro atoms. The molecule has 1 amide bonds. The number of hydrogen-bond donors (Lipinski definition) is 0. The molecule has 1 aliphatic rings. The lowest BCUT2D eigenvalue weighted by atomic mass is 10.3. The SMILES string of the molecule is CSC(=NC#N)N1CCN(C)C(=O)C1. The summed E-state index contributed by atoms with van der Waals surface area (Å²) in [5, 5.41) is 9.06. The zero-order chi connectivity index (χ0) is 10.6. The predicted molar refractivity (Wildman–Crippen MR) is 55.8 cm³/mol. The molecule has 1 aliphatic heterocycles. The molecule has 0 bridgehead atoms. The molecule has 0 aromatic carbocycles. The summed E-state index contributed by atoms with van der Waals surface area (Å²) in [6, 6.07) is 0. The van der Waals surface area contributed by atoms with Crippen LogP contribution in [0.4, 0.5) is 0 Å². The average Bonchev–Trinajstić information content (AvgIpc) is 2.19. The molecule has 5 nitrogen and oxygen atoms in total. The molecule has 1 saturated heterocycles. The molecule has 0 N–H and O–H groups in total. The van der Waals surface area contributed by atoms with Crippen LogP contribution in [0.15, 0.2) is 4.99 Å². The summed E-state index contributed by atoms with van der Waals surface area (Å²) in [6.07, 6.45) is 3.59. The fraction of sp³-hybridized carbons (Fsp3) is 0.625. The Labute approximate surface area is 87.4 Å². The lowest BCUT2D eigenvalue weighted by Crippen LogP contribution is -2.49. The van der Waals surface area contributed by atoms with Crippen LogP contribution in [0.2, 0.25) is 0 Å². The Morgan fingerprint density at radius 2 is 2.36 bits per heavy atom. The first kappa shape index (κ1) is 10.9. The summed E-state index contributed by atoms with van der Waals surface area (Å²) in [5.41, 5.74) is 0. The number of nitriles is 1. The van der Waals surface area contributed by atoms with E-state index in [2.05, 4.69) is 4.99 Å². The van der Waals surface area contributed by atoms with Crippen LogP contribution in [0.3, 0.4) is 0 Å². The van der Waals surface area contributed by atoms with Gasteiger partial charge in [0.15, 0.2) is 5.17 Å². The fourth-order valence-corrected chi connectivity index (χ4v) is 1.76. The largest absolute Gasteiger partial charge is 0.342 e. The van der Waals surface area contributed by atoms with E-state index in [4.69, 9.17) is 5.26 Å². The summed E-state index contributed by atoms with van der Waals surface area (Å²) < 4.78 is 0. The number of carbonyl (C=O) groups excluding carboxylic acids is 1. The van der Waals surface area contributed by atoms with Crippen molar-refractivity contribution in [1.29, 1.82) is 5.26 Å². The third kappa shape index (κ3) is 2.39. The van der Waals surface area contributed by atoms with Gasteiger partial charge in [-0.3, -0.25) is 4.79 Å². The predicted octanol–water partition coefficient (Wildman–Crippen LogP) is -0.0395. The molecular formula is C8H12N4OS. The minimum absolute atomic E-state index is 0.0657. The van der Waals surface area contributed by atoms with Crippen molar-refractivity contribution in [3.8, 4) is 6.19 Å². The number of hydrogen-bond acceptors (Lipinski definition) is 4. The Kier molecular flexibility index (Phi) is 3.77. The van der Waals surface area contributed by atoms with E-state index in [1.807, 2.05) is 11.2 Å². The van der Waals surface area contributed by atoms with Crippen LogP contribution in [0, 0.1) is 11.5 Å². The second-order valence-corrected chi connectivity index (χ2v) is 3.71. The number of carbonyl (C=O) groups is 1. The van der Waals surface area contributed by atoms with Gasteiger partial charge in [0.25, 0.3) is 0 Å². The zero-order valence-electron chi connectivity index (χ0n) is 8.23. The van der Waals surface area contributed by atoms with Crippen LogP contribution in [-0.2, 0) is 4.79 Å². The van der Waals surface area contributed by atoms with E-state index in [1.165, 1.54) is 11.8 Å². The Morgan fingerprint density at radius 1 is 1.64 bits per heavy atom. The van der Waals surface area contributed by atoms with Crippen LogP contribution in [0.25, 0.3) is 0 Å². The Hall–Kier alpha value is -1.22. The highest BCUT2D eigenvalue weighted by atomic mass is 32.2. The van der Waals surface area contributed by atoms with Crippen molar-refractivity contribution in [3.05, 3.63) is 0 Å². The molecule has 76 valence electrons. The second kappa shape index (κ2) is 4.86. The monoisotopic (exact) mass is 212 g/mol. The van der Waals surface area contributed by atoms with Gasteiger partial charge in [0.05, 0.1) is 6.54 Å². The number of amides is 1. The molecule has 1 fully saturated rings. The minimum Gasteiger partial charge on any atom is -0.342 e. The molecule has 0 radical (unpaired) electrons. The van der Waals surface area contributed by atoms with Gasteiger partial charge in [0.1, 0.15) is 0 Å². The molecular weight excluding hydrogens is 200 g/mol. The van der Waals surface area contributed by atoms with Crippen LogP contribution in [0.1, 0.15) is 0 Å². The fourth-order valence-electron chi connectivity index (χ4n) is 1.21. The maximum Gasteiger partial charge on any atom is 0.241 e. The van der Waals surface area contributed by atoms with Gasteiger partial charge >= 0.3 is 0 Å². The third-order valence-electron chi connectivity index (χ3n) is 2.06. The summed E-state index contributed by atoms with van der Waals surface area (Å²) >= 11 is 1.39. The summed E-state index contributed by atoms with van der Waals surface area (Å²) in [7, 11) is 1.78. The van der Waals surface area contributed by atoms with Crippen LogP contribution >= 0.6 is 11.8 Å². The van der Waals surface area contributed by atoms with Gasteiger partial charge in [-0.2, -0.15) is 5.26 Å². The number of aliphatic imine (C=N–C) groups is 1. The number of thioether (sulfide) groups is 1. The zero-order valence-corrected chi connectivity index (χ0v) is 9.04. The molecule has 0 saturated carbocycles. The number of piperazine rings is 1. The summed E-state index contributed by atoms with van der Waals surface area (Å²) in [5.74, 6) is 0.0657. The maximum atomic E-state index is 11.4. The second-order valence-electron chi connectivity index (χ2n) is 2.94. The minimum atomic E-state index is 0.0657. The van der Waals surface area contributed by atoms with Crippen LogP contribution < -0.4 is 0 Å². The van der Waals surface area contributed by atoms with Crippen molar-refractivity contribution in [2.24, 2.45) is 4.99 Å². The lowest BCUT2D eigenvalue weighted by molar-refractivity contribution is -0.132. The number of amidine groups is 1. The van der Waals surface area contributed by atoms with E-state index in [0.717, 1.165) is 6.54 Å². The summed E-state index contributed by atoms with van der Waals surface area (Å²) in [4.78, 5) is 18.5. The van der Waals surface area contributed by atoms with Crippen molar-refractivity contribution in [2.45, 2.75) is 0 Å². The van der Waals surface area contributed by atoms with Gasteiger partial charge in [0, 0.05) is 20.1 Å². The summed E-state index contributed by atoms with van der Waals surface area (Å²) in [6.45, 7) is 1.74. The molecule has 0 unspecified atom stereocenters. The van der Waals surface area contributed by atoms with E-state index in [1.54, 1.807) is 18.1 Å². The van der Waals surface area contributed by atoms with Crippen molar-refractivity contribution < 1.29 is 4.79 Å². The van der Waals surface area contributed by atoms with Gasteiger partial charge in [-0.15, -0.1) is 4.99 Å². The Balaban J connectivity index is 2.67. The van der Waals surface area contributed by atoms with E-state index in [9.17, 15) is 4.79 Å². The van der Waals surface area contributed by atoms with Crippen molar-refractivity contribution in [2.75, 3.05) is 32.9 Å². The molecule has 1 rings (SSSR count). The average molecular weight is 212 g/mol. The first-order valence-electron chi connectivity index (χ1n) is 4.18. The normalized spacial score (nSPS) is 18.4. The molecule has 0 atom stereocenters.